The zero-order valence-corrected chi connectivity index (χ0v) is 38.0. The Morgan fingerprint density at radius 2 is 0.896 bits per heavy atom. The van der Waals surface area contributed by atoms with Gasteiger partial charge in [0.05, 0.1) is 0 Å². The summed E-state index contributed by atoms with van der Waals surface area (Å²) in [6.45, 7) is 9.35. The SMILES string of the molecule is CC1(C)c2ccccc2-c2ccc(N(c3cccc(-c4cccc5c4oc4ccccc45)c3)c3ccc4c(c3)C(C)(C)c3oc(-c5ccccc5-c5ccccc5)c(-c5ccccc5)c3-4)cc21. The first-order valence-electron chi connectivity index (χ1n) is 23.3. The third kappa shape index (κ3) is 5.90. The molecule has 320 valence electrons. The molecule has 0 aliphatic heterocycles. The monoisotopic (exact) mass is 861 g/mol. The smallest absolute Gasteiger partial charge is 0.143 e. The number of hydrogen-bond acceptors (Lipinski definition) is 3. The second-order valence-corrected chi connectivity index (χ2v) is 19.2. The standard InChI is InChI=1S/C64H47NO2/c1-63(2)54-31-15-13-26-48(54)49-35-33-44(38-55(49)63)65(43-24-17-23-42(37-43)47-29-18-30-52-50-27-14-16-32-57(50)66-60(47)52)45-34-36-53-56(39-45)64(3,4)62-59(53)58(41-21-9-6-10-22-41)61(67-62)51-28-12-11-25-46(51)40-19-7-5-8-20-40/h5-39H,1-4H3. The normalized spacial score (nSPS) is 13.9. The Morgan fingerprint density at radius 1 is 0.343 bits per heavy atom. The van der Waals surface area contributed by atoms with Crippen molar-refractivity contribution in [1.29, 1.82) is 0 Å². The molecule has 0 bridgehead atoms. The number of benzene rings is 9. The first kappa shape index (κ1) is 39.2. The minimum absolute atomic E-state index is 0.161. The van der Waals surface area contributed by atoms with Gasteiger partial charge in [-0.15, -0.1) is 0 Å². The molecule has 2 aliphatic carbocycles. The first-order valence-corrected chi connectivity index (χ1v) is 23.3. The second-order valence-electron chi connectivity index (χ2n) is 19.2. The van der Waals surface area contributed by atoms with Gasteiger partial charge >= 0.3 is 0 Å². The van der Waals surface area contributed by atoms with Crippen molar-refractivity contribution in [2.75, 3.05) is 4.90 Å². The third-order valence-corrected chi connectivity index (χ3v) is 14.6. The highest BCUT2D eigenvalue weighted by molar-refractivity contribution is 6.10. The van der Waals surface area contributed by atoms with Crippen molar-refractivity contribution in [3.8, 4) is 67.0 Å². The molecule has 0 N–H and O–H groups in total. The van der Waals surface area contributed by atoms with E-state index in [1.165, 1.54) is 38.9 Å². The number of para-hydroxylation sites is 2. The van der Waals surface area contributed by atoms with Gasteiger partial charge in [0.25, 0.3) is 0 Å². The summed E-state index contributed by atoms with van der Waals surface area (Å²) in [6.07, 6.45) is 0. The van der Waals surface area contributed by atoms with Crippen LogP contribution in [0.5, 0.6) is 0 Å². The number of rotatable bonds is 7. The molecule has 2 heterocycles. The lowest BCUT2D eigenvalue weighted by Crippen LogP contribution is -2.18. The average molecular weight is 862 g/mol. The van der Waals surface area contributed by atoms with Crippen molar-refractivity contribution in [3.05, 3.63) is 235 Å². The van der Waals surface area contributed by atoms with Crippen LogP contribution in [0.15, 0.2) is 221 Å². The first-order chi connectivity index (χ1) is 32.8. The molecule has 0 saturated carbocycles. The molecule has 0 spiro atoms. The zero-order chi connectivity index (χ0) is 45.0. The van der Waals surface area contributed by atoms with Crippen LogP contribution in [0.2, 0.25) is 0 Å². The van der Waals surface area contributed by atoms with Gasteiger partial charge in [0, 0.05) is 60.9 Å². The van der Waals surface area contributed by atoms with Gasteiger partial charge in [-0.05, 0) is 112 Å². The van der Waals surface area contributed by atoms with Crippen LogP contribution in [0.1, 0.15) is 50.1 Å². The Bertz CT molecular complexity index is 3750. The van der Waals surface area contributed by atoms with Crippen LogP contribution in [0.25, 0.3) is 88.9 Å². The number of anilines is 3. The van der Waals surface area contributed by atoms with E-state index in [0.29, 0.717) is 0 Å². The molecule has 0 amide bonds. The van der Waals surface area contributed by atoms with E-state index in [9.17, 15) is 0 Å². The number of fused-ring (bicyclic) bond motifs is 9. The van der Waals surface area contributed by atoms with Gasteiger partial charge < -0.3 is 13.7 Å². The molecule has 0 radical (unpaired) electrons. The molecule has 11 aromatic rings. The quantitative estimate of drug-likeness (QED) is 0.160. The van der Waals surface area contributed by atoms with E-state index in [0.717, 1.165) is 89.5 Å². The van der Waals surface area contributed by atoms with Gasteiger partial charge in [-0.3, -0.25) is 0 Å². The van der Waals surface area contributed by atoms with Crippen molar-refractivity contribution < 1.29 is 8.83 Å². The van der Waals surface area contributed by atoms with Crippen LogP contribution >= 0.6 is 0 Å². The molecule has 2 aliphatic rings. The van der Waals surface area contributed by atoms with Crippen LogP contribution in [-0.2, 0) is 10.8 Å². The van der Waals surface area contributed by atoms with Gasteiger partial charge in [-0.2, -0.15) is 0 Å². The number of furan rings is 2. The molecular weight excluding hydrogens is 815 g/mol. The Hall–Kier alpha value is -8.14. The molecule has 0 fully saturated rings. The van der Waals surface area contributed by atoms with Gasteiger partial charge in [0.1, 0.15) is 22.7 Å². The summed E-state index contributed by atoms with van der Waals surface area (Å²) in [4.78, 5) is 2.44. The second kappa shape index (κ2) is 14.7. The highest BCUT2D eigenvalue weighted by Gasteiger charge is 2.43. The Labute approximate surface area is 391 Å². The van der Waals surface area contributed by atoms with E-state index in [-0.39, 0.29) is 5.41 Å². The molecule has 0 atom stereocenters. The number of hydrogen-bond donors (Lipinski definition) is 0. The Kier molecular flexibility index (Phi) is 8.60. The summed E-state index contributed by atoms with van der Waals surface area (Å²) in [5, 5.41) is 2.25. The molecule has 67 heavy (non-hydrogen) atoms. The predicted octanol–water partition coefficient (Wildman–Crippen LogP) is 17.9. The molecule has 0 saturated heterocycles. The van der Waals surface area contributed by atoms with Gasteiger partial charge in [0.15, 0.2) is 0 Å². The van der Waals surface area contributed by atoms with Crippen molar-refractivity contribution in [1.82, 2.24) is 0 Å². The minimum atomic E-state index is -0.448. The van der Waals surface area contributed by atoms with E-state index in [4.69, 9.17) is 8.83 Å². The summed E-state index contributed by atoms with van der Waals surface area (Å²) in [7, 11) is 0. The molecule has 2 aromatic heterocycles. The maximum absolute atomic E-state index is 7.33. The minimum Gasteiger partial charge on any atom is -0.459 e. The molecule has 3 nitrogen and oxygen atoms in total. The van der Waals surface area contributed by atoms with Crippen LogP contribution in [0.4, 0.5) is 17.1 Å². The van der Waals surface area contributed by atoms with E-state index < -0.39 is 5.41 Å². The van der Waals surface area contributed by atoms with E-state index in [1.807, 2.05) is 6.07 Å². The van der Waals surface area contributed by atoms with Crippen molar-refractivity contribution in [2.45, 2.75) is 38.5 Å². The van der Waals surface area contributed by atoms with Gasteiger partial charge in [-0.1, -0.05) is 184 Å². The van der Waals surface area contributed by atoms with Crippen LogP contribution in [0.3, 0.4) is 0 Å². The lowest BCUT2D eigenvalue weighted by molar-refractivity contribution is 0.448. The summed E-state index contributed by atoms with van der Waals surface area (Å²) in [6, 6.07) is 76.8. The Morgan fingerprint density at radius 3 is 1.67 bits per heavy atom. The topological polar surface area (TPSA) is 29.5 Å². The molecule has 3 heteroatoms. The highest BCUT2D eigenvalue weighted by atomic mass is 16.3. The molecule has 13 rings (SSSR count). The van der Waals surface area contributed by atoms with E-state index in [2.05, 4.69) is 239 Å². The van der Waals surface area contributed by atoms with E-state index in [1.54, 1.807) is 0 Å². The van der Waals surface area contributed by atoms with Crippen LogP contribution < -0.4 is 4.90 Å². The van der Waals surface area contributed by atoms with Crippen molar-refractivity contribution in [2.24, 2.45) is 0 Å². The summed E-state index contributed by atoms with van der Waals surface area (Å²) >= 11 is 0. The largest absolute Gasteiger partial charge is 0.459 e. The predicted molar refractivity (Wildman–Crippen MR) is 278 cm³/mol. The van der Waals surface area contributed by atoms with Gasteiger partial charge in [0.2, 0.25) is 0 Å². The van der Waals surface area contributed by atoms with Crippen LogP contribution in [-0.4, -0.2) is 0 Å². The Balaban J connectivity index is 1.01. The van der Waals surface area contributed by atoms with Gasteiger partial charge in [-0.25, -0.2) is 0 Å². The van der Waals surface area contributed by atoms with Crippen molar-refractivity contribution in [3.63, 3.8) is 0 Å². The number of nitrogens with zero attached hydrogens (tertiary/aromatic N) is 1. The summed E-state index contributed by atoms with van der Waals surface area (Å²) < 4.78 is 13.9. The highest BCUT2D eigenvalue weighted by Crippen LogP contribution is 2.59. The maximum atomic E-state index is 7.33. The van der Waals surface area contributed by atoms with Crippen molar-refractivity contribution >= 4 is 39.0 Å². The molecule has 9 aromatic carbocycles. The zero-order valence-electron chi connectivity index (χ0n) is 38.0. The van der Waals surface area contributed by atoms with E-state index >= 15 is 0 Å². The summed E-state index contributed by atoms with van der Waals surface area (Å²) in [5.74, 6) is 1.89. The lowest BCUT2D eigenvalue weighted by Gasteiger charge is -2.30. The maximum Gasteiger partial charge on any atom is 0.143 e. The fourth-order valence-electron chi connectivity index (χ4n) is 11.3. The lowest BCUT2D eigenvalue weighted by atomic mass is 9.82. The average Bonchev–Trinajstić information content (AvgIpc) is 4.08. The van der Waals surface area contributed by atoms with Crippen LogP contribution in [0, 0.1) is 0 Å². The summed E-state index contributed by atoms with van der Waals surface area (Å²) in [5.41, 5.74) is 21.2. The third-order valence-electron chi connectivity index (χ3n) is 14.6. The molecular formula is C64H47NO2. The molecule has 0 unspecified atom stereocenters. The fourth-order valence-corrected chi connectivity index (χ4v) is 11.3. The fraction of sp³-hybridized carbons (Fsp3) is 0.0938.